The Kier molecular flexibility index (Phi) is 8.11. The Morgan fingerprint density at radius 1 is 0.750 bits per heavy atom. The number of benzene rings is 2. The van der Waals surface area contributed by atoms with Crippen molar-refractivity contribution in [2.45, 2.75) is 12.8 Å². The molecule has 0 aromatic heterocycles. The van der Waals surface area contributed by atoms with Crippen molar-refractivity contribution in [2.75, 3.05) is 20.2 Å². The third-order valence-electron chi connectivity index (χ3n) is 2.87. The SMILES string of the molecule is COc1ccc(CCN)cc1.NCCc1ccccc1. The first-order valence-corrected chi connectivity index (χ1v) is 6.87. The van der Waals surface area contributed by atoms with E-state index in [9.17, 15) is 0 Å². The summed E-state index contributed by atoms with van der Waals surface area (Å²) in [5, 5.41) is 0. The molecule has 2 rings (SSSR count). The smallest absolute Gasteiger partial charge is 0.118 e. The number of ether oxygens (including phenoxy) is 1. The molecule has 0 saturated heterocycles. The molecular weight excluding hydrogens is 248 g/mol. The number of nitrogens with two attached hydrogens (primary N) is 2. The molecule has 0 aliphatic heterocycles. The van der Waals surface area contributed by atoms with Crippen LogP contribution in [0, 0.1) is 0 Å². The van der Waals surface area contributed by atoms with Crippen molar-refractivity contribution < 1.29 is 4.74 Å². The monoisotopic (exact) mass is 272 g/mol. The third-order valence-corrected chi connectivity index (χ3v) is 2.87. The second kappa shape index (κ2) is 10.0. The van der Waals surface area contributed by atoms with Gasteiger partial charge in [0.15, 0.2) is 0 Å². The van der Waals surface area contributed by atoms with Gasteiger partial charge in [-0.25, -0.2) is 0 Å². The summed E-state index contributed by atoms with van der Waals surface area (Å²) in [7, 11) is 1.66. The van der Waals surface area contributed by atoms with E-state index in [2.05, 4.69) is 12.1 Å². The van der Waals surface area contributed by atoms with Crippen LogP contribution in [-0.4, -0.2) is 20.2 Å². The van der Waals surface area contributed by atoms with Gasteiger partial charge < -0.3 is 16.2 Å². The minimum absolute atomic E-state index is 0.701. The standard InChI is InChI=1S/C9H13NO.C8H11N/c1-11-9-4-2-8(3-5-9)6-7-10;9-7-6-8-4-2-1-3-5-8/h2-5H,6-7,10H2,1H3;1-5H,6-7,9H2. The van der Waals surface area contributed by atoms with E-state index in [0.29, 0.717) is 6.54 Å². The summed E-state index contributed by atoms with van der Waals surface area (Å²) in [6.07, 6.45) is 1.92. The van der Waals surface area contributed by atoms with Gasteiger partial charge in [0.05, 0.1) is 7.11 Å². The van der Waals surface area contributed by atoms with Gasteiger partial charge in [0.25, 0.3) is 0 Å². The van der Waals surface area contributed by atoms with Crippen LogP contribution in [0.4, 0.5) is 0 Å². The Balaban J connectivity index is 0.000000204. The van der Waals surface area contributed by atoms with Gasteiger partial charge >= 0.3 is 0 Å². The van der Waals surface area contributed by atoms with Gasteiger partial charge in [0.2, 0.25) is 0 Å². The van der Waals surface area contributed by atoms with E-state index in [1.165, 1.54) is 11.1 Å². The molecule has 4 N–H and O–H groups in total. The van der Waals surface area contributed by atoms with Gasteiger partial charge in [-0.3, -0.25) is 0 Å². The maximum Gasteiger partial charge on any atom is 0.118 e. The molecule has 0 fully saturated rings. The Hall–Kier alpha value is -1.84. The average Bonchev–Trinajstić information content (AvgIpc) is 2.50. The van der Waals surface area contributed by atoms with Crippen LogP contribution in [0.25, 0.3) is 0 Å². The summed E-state index contributed by atoms with van der Waals surface area (Å²) in [6.45, 7) is 1.44. The van der Waals surface area contributed by atoms with Gasteiger partial charge in [-0.15, -0.1) is 0 Å². The van der Waals surface area contributed by atoms with Crippen molar-refractivity contribution >= 4 is 0 Å². The first kappa shape index (κ1) is 16.2. The summed E-state index contributed by atoms with van der Waals surface area (Å²) < 4.78 is 5.02. The molecule has 0 bridgehead atoms. The Morgan fingerprint density at radius 2 is 1.25 bits per heavy atom. The summed E-state index contributed by atoms with van der Waals surface area (Å²) in [6, 6.07) is 18.2. The van der Waals surface area contributed by atoms with Gasteiger partial charge in [0, 0.05) is 0 Å². The second-order valence-corrected chi connectivity index (χ2v) is 4.41. The highest BCUT2D eigenvalue weighted by Crippen LogP contribution is 2.10. The normalized spacial score (nSPS) is 9.55. The highest BCUT2D eigenvalue weighted by Gasteiger charge is 1.91. The zero-order valence-corrected chi connectivity index (χ0v) is 12.1. The van der Waals surface area contributed by atoms with Crippen LogP contribution in [0.5, 0.6) is 5.75 Å². The molecule has 0 amide bonds. The predicted molar refractivity (Wildman–Crippen MR) is 85.0 cm³/mol. The lowest BCUT2D eigenvalue weighted by atomic mass is 10.1. The first-order valence-electron chi connectivity index (χ1n) is 6.87. The molecule has 0 aliphatic carbocycles. The van der Waals surface area contributed by atoms with Crippen LogP contribution in [-0.2, 0) is 12.8 Å². The van der Waals surface area contributed by atoms with E-state index in [1.807, 2.05) is 42.5 Å². The molecule has 2 aromatic rings. The Bertz CT molecular complexity index is 454. The molecule has 0 saturated carbocycles. The van der Waals surface area contributed by atoms with Crippen LogP contribution in [0.15, 0.2) is 54.6 Å². The van der Waals surface area contributed by atoms with Gasteiger partial charge in [-0.2, -0.15) is 0 Å². The van der Waals surface area contributed by atoms with Crippen LogP contribution in [0.3, 0.4) is 0 Å². The molecule has 3 nitrogen and oxygen atoms in total. The number of rotatable bonds is 5. The fourth-order valence-electron chi connectivity index (χ4n) is 1.77. The van der Waals surface area contributed by atoms with Crippen LogP contribution < -0.4 is 16.2 Å². The van der Waals surface area contributed by atoms with Crippen molar-refractivity contribution in [3.8, 4) is 5.75 Å². The highest BCUT2D eigenvalue weighted by molar-refractivity contribution is 5.27. The second-order valence-electron chi connectivity index (χ2n) is 4.41. The Morgan fingerprint density at radius 3 is 1.70 bits per heavy atom. The summed E-state index contributed by atoms with van der Waals surface area (Å²) >= 11 is 0. The topological polar surface area (TPSA) is 61.3 Å². The zero-order valence-electron chi connectivity index (χ0n) is 12.1. The molecule has 2 aromatic carbocycles. The number of methoxy groups -OCH3 is 1. The van der Waals surface area contributed by atoms with Crippen LogP contribution >= 0.6 is 0 Å². The van der Waals surface area contributed by atoms with Gasteiger partial charge in [-0.1, -0.05) is 42.5 Å². The molecule has 20 heavy (non-hydrogen) atoms. The lowest BCUT2D eigenvalue weighted by molar-refractivity contribution is 0.414. The lowest BCUT2D eigenvalue weighted by Gasteiger charge is -2.00. The molecule has 0 radical (unpaired) electrons. The lowest BCUT2D eigenvalue weighted by Crippen LogP contribution is -2.02. The van der Waals surface area contributed by atoms with Crippen molar-refractivity contribution in [3.05, 3.63) is 65.7 Å². The third kappa shape index (κ3) is 6.36. The molecular formula is C17H24N2O. The molecule has 108 valence electrons. The van der Waals surface area contributed by atoms with Crippen molar-refractivity contribution in [1.29, 1.82) is 0 Å². The fraction of sp³-hybridized carbons (Fsp3) is 0.294. The minimum Gasteiger partial charge on any atom is -0.497 e. The molecule has 3 heteroatoms. The van der Waals surface area contributed by atoms with Gasteiger partial charge in [0.1, 0.15) is 5.75 Å². The van der Waals surface area contributed by atoms with E-state index in [1.54, 1.807) is 7.11 Å². The van der Waals surface area contributed by atoms with Gasteiger partial charge in [-0.05, 0) is 49.2 Å². The van der Waals surface area contributed by atoms with Crippen LogP contribution in [0.1, 0.15) is 11.1 Å². The Labute approximate surface area is 121 Å². The highest BCUT2D eigenvalue weighted by atomic mass is 16.5. The average molecular weight is 272 g/mol. The fourth-order valence-corrected chi connectivity index (χ4v) is 1.77. The quantitative estimate of drug-likeness (QED) is 0.878. The van der Waals surface area contributed by atoms with E-state index in [0.717, 1.165) is 25.1 Å². The van der Waals surface area contributed by atoms with E-state index in [4.69, 9.17) is 16.2 Å². The molecule has 0 atom stereocenters. The minimum atomic E-state index is 0.701. The molecule has 0 unspecified atom stereocenters. The van der Waals surface area contributed by atoms with Crippen molar-refractivity contribution in [3.63, 3.8) is 0 Å². The largest absolute Gasteiger partial charge is 0.497 e. The summed E-state index contributed by atoms with van der Waals surface area (Å²) in [5.41, 5.74) is 13.3. The number of hydrogen-bond donors (Lipinski definition) is 2. The first-order chi connectivity index (χ1) is 9.80. The van der Waals surface area contributed by atoms with E-state index >= 15 is 0 Å². The van der Waals surface area contributed by atoms with Crippen LogP contribution in [0.2, 0.25) is 0 Å². The zero-order chi connectivity index (χ0) is 14.6. The van der Waals surface area contributed by atoms with E-state index in [-0.39, 0.29) is 0 Å². The maximum absolute atomic E-state index is 5.40. The van der Waals surface area contributed by atoms with Crippen molar-refractivity contribution in [1.82, 2.24) is 0 Å². The molecule has 0 spiro atoms. The van der Waals surface area contributed by atoms with Crippen molar-refractivity contribution in [2.24, 2.45) is 11.5 Å². The predicted octanol–water partition coefficient (Wildman–Crippen LogP) is 2.38. The maximum atomic E-state index is 5.40. The number of hydrogen-bond acceptors (Lipinski definition) is 3. The molecule has 0 aliphatic rings. The van der Waals surface area contributed by atoms with E-state index < -0.39 is 0 Å². The summed E-state index contributed by atoms with van der Waals surface area (Å²) in [5.74, 6) is 0.894. The summed E-state index contributed by atoms with van der Waals surface area (Å²) in [4.78, 5) is 0. The molecule has 0 heterocycles.